The van der Waals surface area contributed by atoms with Crippen LogP contribution < -0.4 is 0 Å². The van der Waals surface area contributed by atoms with Gasteiger partial charge in [-0.25, -0.2) is 0 Å². The van der Waals surface area contributed by atoms with Crippen LogP contribution in [0.1, 0.15) is 5.56 Å². The highest BCUT2D eigenvalue weighted by atomic mass is 32.2. The molecule has 0 fully saturated rings. The lowest BCUT2D eigenvalue weighted by Crippen LogP contribution is -1.97. The summed E-state index contributed by atoms with van der Waals surface area (Å²) < 4.78 is 33.4. The molecule has 0 heterocycles. The molecule has 0 N–H and O–H groups in total. The molecule has 5 nitrogen and oxygen atoms in total. The molecule has 76 valence electrons. The van der Waals surface area contributed by atoms with Gasteiger partial charge in [0, 0.05) is 11.8 Å². The highest BCUT2D eigenvalue weighted by Gasteiger charge is 2.13. The molecule has 1 aromatic carbocycles. The summed E-state index contributed by atoms with van der Waals surface area (Å²) in [5.41, 5.74) is -0.480. The van der Waals surface area contributed by atoms with Gasteiger partial charge in [-0.05, 0) is 11.6 Å². The Hall–Kier alpha value is -1.34. The molecule has 1 unspecified atom stereocenters. The van der Waals surface area contributed by atoms with Gasteiger partial charge in [-0.3, -0.25) is 14.3 Å². The fourth-order valence-electron chi connectivity index (χ4n) is 0.924. The molecule has 0 aliphatic rings. The van der Waals surface area contributed by atoms with Gasteiger partial charge >= 0.3 is 5.69 Å². The number of nitrogens with zero attached hydrogens (tertiary/aromatic N) is 1. The van der Waals surface area contributed by atoms with Gasteiger partial charge in [0.05, 0.1) is 4.92 Å². The number of nitro groups is 1. The second-order valence-corrected chi connectivity index (χ2v) is 3.39. The summed E-state index contributed by atoms with van der Waals surface area (Å²) >= 11 is -2.33. The molecular weight excluding hydrogens is 213 g/mol. The van der Waals surface area contributed by atoms with Crippen molar-refractivity contribution in [1.29, 1.82) is 0 Å². The maximum Gasteiger partial charge on any atom is 0.304 e. The maximum atomic E-state index is 12.9. The zero-order valence-electron chi connectivity index (χ0n) is 6.81. The van der Waals surface area contributed by atoms with Crippen molar-refractivity contribution < 1.29 is 18.1 Å². The molecule has 0 amide bonds. The Labute approximate surface area is 81.0 Å². The molecule has 0 spiro atoms. The van der Waals surface area contributed by atoms with Crippen molar-refractivity contribution >= 4 is 16.8 Å². The van der Waals surface area contributed by atoms with E-state index in [-0.39, 0.29) is 11.3 Å². The van der Waals surface area contributed by atoms with E-state index in [1.165, 1.54) is 6.07 Å². The van der Waals surface area contributed by atoms with E-state index in [0.717, 1.165) is 12.1 Å². The number of halogens is 1. The Morgan fingerprint density at radius 2 is 2.14 bits per heavy atom. The first-order valence-electron chi connectivity index (χ1n) is 3.49. The molecule has 0 saturated heterocycles. The predicted molar refractivity (Wildman–Crippen MR) is 45.7 cm³/mol. The van der Waals surface area contributed by atoms with E-state index in [1.54, 1.807) is 0 Å². The molecule has 0 saturated carbocycles. The standard InChI is InChI=1S/C7H6FNO4S/c8-6-3-5(4-14(12)13)1-2-7(6)9(10)11/h1-3H,4H2,(H,12,13)/p-1. The fourth-order valence-corrected chi connectivity index (χ4v) is 1.38. The number of hydrogen-bond donors (Lipinski definition) is 0. The smallest absolute Gasteiger partial charge is 0.304 e. The molecule has 0 radical (unpaired) electrons. The van der Waals surface area contributed by atoms with Gasteiger partial charge in [0.25, 0.3) is 0 Å². The maximum absolute atomic E-state index is 12.9. The third-order valence-electron chi connectivity index (χ3n) is 1.49. The van der Waals surface area contributed by atoms with Gasteiger partial charge in [-0.2, -0.15) is 4.39 Å². The second-order valence-electron chi connectivity index (χ2n) is 2.49. The average Bonchev–Trinajstić information content (AvgIpc) is 2.01. The number of rotatable bonds is 3. The van der Waals surface area contributed by atoms with Gasteiger partial charge in [0.15, 0.2) is 0 Å². The van der Waals surface area contributed by atoms with Crippen LogP contribution in [0.15, 0.2) is 18.2 Å². The van der Waals surface area contributed by atoms with E-state index in [0.29, 0.717) is 0 Å². The van der Waals surface area contributed by atoms with Crippen LogP contribution in [0.5, 0.6) is 0 Å². The summed E-state index contributed by atoms with van der Waals surface area (Å²) in [5.74, 6) is -1.38. The Balaban J connectivity index is 3.00. The van der Waals surface area contributed by atoms with Crippen molar-refractivity contribution in [3.8, 4) is 0 Å². The van der Waals surface area contributed by atoms with E-state index in [1.807, 2.05) is 0 Å². The molecule has 0 bridgehead atoms. The van der Waals surface area contributed by atoms with Crippen LogP contribution in [0.3, 0.4) is 0 Å². The first-order chi connectivity index (χ1) is 6.50. The van der Waals surface area contributed by atoms with Crippen LogP contribution in [-0.2, 0) is 16.8 Å². The van der Waals surface area contributed by atoms with Crippen LogP contribution in [0.4, 0.5) is 10.1 Å². The third-order valence-corrected chi connectivity index (χ3v) is 2.06. The van der Waals surface area contributed by atoms with Crippen molar-refractivity contribution in [2.45, 2.75) is 5.75 Å². The summed E-state index contributed by atoms with van der Waals surface area (Å²) in [5, 5.41) is 10.2. The number of hydrogen-bond acceptors (Lipinski definition) is 4. The minimum atomic E-state index is -2.33. The van der Waals surface area contributed by atoms with E-state index in [2.05, 4.69) is 0 Å². The van der Waals surface area contributed by atoms with Crippen LogP contribution in [-0.4, -0.2) is 13.7 Å². The SMILES string of the molecule is O=[N+]([O-])c1ccc(CS(=O)[O-])cc1F. The normalized spacial score (nSPS) is 12.4. The monoisotopic (exact) mass is 218 g/mol. The molecule has 14 heavy (non-hydrogen) atoms. The van der Waals surface area contributed by atoms with Crippen molar-refractivity contribution in [1.82, 2.24) is 0 Å². The summed E-state index contributed by atoms with van der Waals surface area (Å²) in [4.78, 5) is 9.33. The van der Waals surface area contributed by atoms with E-state index < -0.39 is 27.5 Å². The molecule has 0 aromatic heterocycles. The van der Waals surface area contributed by atoms with E-state index in [4.69, 9.17) is 0 Å². The Kier molecular flexibility index (Phi) is 3.26. The zero-order valence-corrected chi connectivity index (χ0v) is 7.62. The van der Waals surface area contributed by atoms with Crippen molar-refractivity contribution in [2.24, 2.45) is 0 Å². The Morgan fingerprint density at radius 1 is 1.50 bits per heavy atom. The minimum Gasteiger partial charge on any atom is -0.772 e. The third kappa shape index (κ3) is 2.57. The van der Waals surface area contributed by atoms with E-state index in [9.17, 15) is 23.3 Å². The van der Waals surface area contributed by atoms with Crippen LogP contribution >= 0.6 is 0 Å². The van der Waals surface area contributed by atoms with Crippen LogP contribution in [0, 0.1) is 15.9 Å². The molecule has 7 heteroatoms. The van der Waals surface area contributed by atoms with Gasteiger partial charge in [-0.15, -0.1) is 0 Å². The van der Waals surface area contributed by atoms with Crippen LogP contribution in [0.25, 0.3) is 0 Å². The lowest BCUT2D eigenvalue weighted by atomic mass is 10.2. The highest BCUT2D eigenvalue weighted by Crippen LogP contribution is 2.18. The lowest BCUT2D eigenvalue weighted by Gasteiger charge is -2.04. The summed E-state index contributed by atoms with van der Waals surface area (Å²) in [6.45, 7) is 0. The largest absolute Gasteiger partial charge is 0.772 e. The minimum absolute atomic E-state index is 0.182. The van der Waals surface area contributed by atoms with Crippen molar-refractivity contribution in [2.75, 3.05) is 0 Å². The summed E-state index contributed by atoms with van der Waals surface area (Å²) in [7, 11) is 0. The molecule has 1 atom stereocenters. The molecule has 1 aromatic rings. The second kappa shape index (κ2) is 4.25. The van der Waals surface area contributed by atoms with Gasteiger partial charge in [-0.1, -0.05) is 17.1 Å². The van der Waals surface area contributed by atoms with Crippen molar-refractivity contribution in [3.63, 3.8) is 0 Å². The Bertz CT molecular complexity index is 395. The van der Waals surface area contributed by atoms with Crippen LogP contribution in [0.2, 0.25) is 0 Å². The molecular formula is C7H5FNO4S-. The fraction of sp³-hybridized carbons (Fsp3) is 0.143. The number of nitro benzene ring substituents is 1. The van der Waals surface area contributed by atoms with Crippen molar-refractivity contribution in [3.05, 3.63) is 39.7 Å². The zero-order chi connectivity index (χ0) is 10.7. The predicted octanol–water partition coefficient (Wildman–Crippen LogP) is 1.11. The molecule has 1 rings (SSSR count). The van der Waals surface area contributed by atoms with Gasteiger partial charge in [0.2, 0.25) is 5.82 Å². The summed E-state index contributed by atoms with van der Waals surface area (Å²) in [6, 6.07) is 2.99. The summed E-state index contributed by atoms with van der Waals surface area (Å²) in [6.07, 6.45) is 0. The van der Waals surface area contributed by atoms with Gasteiger partial charge < -0.3 is 4.55 Å². The highest BCUT2D eigenvalue weighted by molar-refractivity contribution is 7.78. The topological polar surface area (TPSA) is 83.3 Å². The number of benzene rings is 1. The van der Waals surface area contributed by atoms with Gasteiger partial charge in [0.1, 0.15) is 0 Å². The van der Waals surface area contributed by atoms with E-state index >= 15 is 0 Å². The lowest BCUT2D eigenvalue weighted by molar-refractivity contribution is -0.387. The first kappa shape index (κ1) is 10.7. The quantitative estimate of drug-likeness (QED) is 0.432. The Morgan fingerprint density at radius 3 is 2.57 bits per heavy atom. The molecule has 0 aliphatic carbocycles. The molecule has 0 aliphatic heterocycles. The first-order valence-corrected chi connectivity index (χ1v) is 4.74. The average molecular weight is 218 g/mol.